The summed E-state index contributed by atoms with van der Waals surface area (Å²) >= 11 is 0. The van der Waals surface area contributed by atoms with Gasteiger partial charge in [0.25, 0.3) is 5.56 Å². The molecule has 102 valence electrons. The summed E-state index contributed by atoms with van der Waals surface area (Å²) in [5, 5.41) is 19.9. The van der Waals surface area contributed by atoms with Crippen molar-refractivity contribution < 1.29 is 10.2 Å². The summed E-state index contributed by atoms with van der Waals surface area (Å²) in [5.74, 6) is 0.0378. The lowest BCUT2D eigenvalue weighted by molar-refractivity contribution is 0.298. The molecule has 5 heteroatoms. The molecule has 0 unspecified atom stereocenters. The fourth-order valence-electron chi connectivity index (χ4n) is 2.50. The molecule has 2 aromatic heterocycles. The SMILES string of the molecule is Cc1nc2ccc3cccc(O)c3n2c(=O)c1CCO. The highest BCUT2D eigenvalue weighted by Crippen LogP contribution is 2.24. The quantitative estimate of drug-likeness (QED) is 0.690. The molecule has 2 N–H and O–H groups in total. The van der Waals surface area contributed by atoms with Crippen molar-refractivity contribution in [2.24, 2.45) is 0 Å². The zero-order valence-electron chi connectivity index (χ0n) is 11.0. The van der Waals surface area contributed by atoms with E-state index in [4.69, 9.17) is 5.11 Å². The van der Waals surface area contributed by atoms with Crippen LogP contribution in [-0.4, -0.2) is 26.2 Å². The van der Waals surface area contributed by atoms with E-state index in [-0.39, 0.29) is 24.3 Å². The second-order valence-corrected chi connectivity index (χ2v) is 4.70. The first-order chi connectivity index (χ1) is 9.63. The maximum Gasteiger partial charge on any atom is 0.262 e. The first-order valence-corrected chi connectivity index (χ1v) is 6.37. The summed E-state index contributed by atoms with van der Waals surface area (Å²) in [4.78, 5) is 17.0. The second kappa shape index (κ2) is 4.61. The number of para-hydroxylation sites is 1. The van der Waals surface area contributed by atoms with Crippen molar-refractivity contribution in [2.75, 3.05) is 6.61 Å². The van der Waals surface area contributed by atoms with Crippen LogP contribution >= 0.6 is 0 Å². The van der Waals surface area contributed by atoms with Crippen molar-refractivity contribution in [1.29, 1.82) is 0 Å². The lowest BCUT2D eigenvalue weighted by Gasteiger charge is -2.10. The molecule has 0 atom stereocenters. The molecule has 0 fully saturated rings. The van der Waals surface area contributed by atoms with E-state index in [9.17, 15) is 9.90 Å². The molecule has 0 aliphatic rings. The molecule has 0 saturated carbocycles. The highest BCUT2D eigenvalue weighted by Gasteiger charge is 2.13. The molecule has 0 saturated heterocycles. The number of aryl methyl sites for hydroxylation is 1. The topological polar surface area (TPSA) is 74.8 Å². The predicted molar refractivity (Wildman–Crippen MR) is 76.2 cm³/mol. The van der Waals surface area contributed by atoms with Gasteiger partial charge in [0.2, 0.25) is 0 Å². The van der Waals surface area contributed by atoms with E-state index in [0.717, 1.165) is 5.39 Å². The normalized spacial score (nSPS) is 11.3. The minimum Gasteiger partial charge on any atom is -0.506 e. The number of phenols is 1. The number of hydrogen-bond donors (Lipinski definition) is 2. The Kier molecular flexibility index (Phi) is 2.91. The average Bonchev–Trinajstić information content (AvgIpc) is 2.43. The third-order valence-corrected chi connectivity index (χ3v) is 3.45. The van der Waals surface area contributed by atoms with Gasteiger partial charge in [-0.25, -0.2) is 4.98 Å². The maximum absolute atomic E-state index is 12.6. The minimum atomic E-state index is -0.242. The monoisotopic (exact) mass is 270 g/mol. The van der Waals surface area contributed by atoms with E-state index in [1.165, 1.54) is 4.40 Å². The van der Waals surface area contributed by atoms with Gasteiger partial charge >= 0.3 is 0 Å². The number of hydrogen-bond acceptors (Lipinski definition) is 4. The summed E-state index contributed by atoms with van der Waals surface area (Å²) in [6.45, 7) is 1.64. The molecule has 0 aliphatic heterocycles. The predicted octanol–water partition coefficient (Wildman–Crippen LogP) is 1.40. The zero-order valence-corrected chi connectivity index (χ0v) is 11.0. The Bertz CT molecular complexity index is 868. The molecule has 0 radical (unpaired) electrons. The van der Waals surface area contributed by atoms with Crippen LogP contribution in [0.15, 0.2) is 35.1 Å². The van der Waals surface area contributed by atoms with E-state index >= 15 is 0 Å². The first kappa shape index (κ1) is 12.6. The van der Waals surface area contributed by atoms with Crippen molar-refractivity contribution in [3.8, 4) is 5.75 Å². The van der Waals surface area contributed by atoms with Gasteiger partial charge in [-0.15, -0.1) is 0 Å². The fourth-order valence-corrected chi connectivity index (χ4v) is 2.50. The molecule has 0 aliphatic carbocycles. The third-order valence-electron chi connectivity index (χ3n) is 3.45. The van der Waals surface area contributed by atoms with Crippen LogP contribution in [0.2, 0.25) is 0 Å². The number of nitrogens with zero attached hydrogens (tertiary/aromatic N) is 2. The number of aliphatic hydroxyl groups is 1. The Hall–Kier alpha value is -2.40. The summed E-state index contributed by atoms with van der Waals surface area (Å²) in [7, 11) is 0. The van der Waals surface area contributed by atoms with Gasteiger partial charge in [0, 0.05) is 29.7 Å². The number of benzene rings is 1. The molecule has 2 heterocycles. The molecule has 5 nitrogen and oxygen atoms in total. The van der Waals surface area contributed by atoms with Crippen LogP contribution < -0.4 is 5.56 Å². The smallest absolute Gasteiger partial charge is 0.262 e. The number of rotatable bonds is 2. The zero-order chi connectivity index (χ0) is 14.3. The maximum atomic E-state index is 12.6. The Morgan fingerprint density at radius 2 is 2.05 bits per heavy atom. The van der Waals surface area contributed by atoms with Gasteiger partial charge in [-0.2, -0.15) is 0 Å². The van der Waals surface area contributed by atoms with Crippen LogP contribution in [0.3, 0.4) is 0 Å². The largest absolute Gasteiger partial charge is 0.506 e. The molecule has 0 amide bonds. The number of aliphatic hydroxyl groups excluding tert-OH is 1. The Morgan fingerprint density at radius 1 is 1.25 bits per heavy atom. The van der Waals surface area contributed by atoms with Gasteiger partial charge in [-0.05, 0) is 25.1 Å². The van der Waals surface area contributed by atoms with Gasteiger partial charge < -0.3 is 10.2 Å². The highest BCUT2D eigenvalue weighted by molar-refractivity contribution is 5.87. The number of aromatic hydroxyl groups is 1. The molecule has 3 rings (SSSR count). The number of phenolic OH excluding ortho intramolecular Hbond substituents is 1. The van der Waals surface area contributed by atoms with Gasteiger partial charge in [0.1, 0.15) is 11.4 Å². The van der Waals surface area contributed by atoms with Crippen molar-refractivity contribution in [1.82, 2.24) is 9.38 Å². The van der Waals surface area contributed by atoms with Gasteiger partial charge in [0.15, 0.2) is 0 Å². The molecule has 3 aromatic rings. The standard InChI is InChI=1S/C15H14N2O3/c1-9-11(7-8-18)15(20)17-13(16-9)6-5-10-3-2-4-12(19)14(10)17/h2-6,18-19H,7-8H2,1H3. The van der Waals surface area contributed by atoms with Crippen LogP contribution in [-0.2, 0) is 6.42 Å². The van der Waals surface area contributed by atoms with Crippen LogP contribution in [0.4, 0.5) is 0 Å². The Balaban J connectivity index is 2.56. The van der Waals surface area contributed by atoms with Gasteiger partial charge in [-0.3, -0.25) is 9.20 Å². The van der Waals surface area contributed by atoms with E-state index in [1.807, 2.05) is 12.1 Å². The number of aromatic nitrogens is 2. The minimum absolute atomic E-state index is 0.0378. The second-order valence-electron chi connectivity index (χ2n) is 4.70. The summed E-state index contributed by atoms with van der Waals surface area (Å²) in [6.07, 6.45) is 0.255. The van der Waals surface area contributed by atoms with Crippen molar-refractivity contribution in [3.05, 3.63) is 51.9 Å². The Morgan fingerprint density at radius 3 is 2.80 bits per heavy atom. The van der Waals surface area contributed by atoms with Crippen LogP contribution in [0, 0.1) is 6.92 Å². The fraction of sp³-hybridized carbons (Fsp3) is 0.200. The van der Waals surface area contributed by atoms with E-state index < -0.39 is 0 Å². The Labute approximate surface area is 114 Å². The number of pyridine rings is 1. The van der Waals surface area contributed by atoms with E-state index in [1.54, 1.807) is 25.1 Å². The molecule has 0 bridgehead atoms. The van der Waals surface area contributed by atoms with Crippen molar-refractivity contribution >= 4 is 16.6 Å². The third kappa shape index (κ3) is 1.75. The summed E-state index contributed by atoms with van der Waals surface area (Å²) in [6, 6.07) is 8.66. The van der Waals surface area contributed by atoms with Crippen LogP contribution in [0.1, 0.15) is 11.3 Å². The molecular formula is C15H14N2O3. The first-order valence-electron chi connectivity index (χ1n) is 6.37. The summed E-state index contributed by atoms with van der Waals surface area (Å²) < 4.78 is 1.41. The molecule has 20 heavy (non-hydrogen) atoms. The molecular weight excluding hydrogens is 256 g/mol. The average molecular weight is 270 g/mol. The molecule has 1 aromatic carbocycles. The summed E-state index contributed by atoms with van der Waals surface area (Å²) in [5.41, 5.74) is 1.78. The van der Waals surface area contributed by atoms with Gasteiger partial charge in [-0.1, -0.05) is 12.1 Å². The van der Waals surface area contributed by atoms with Crippen LogP contribution in [0.5, 0.6) is 5.75 Å². The van der Waals surface area contributed by atoms with Crippen LogP contribution in [0.25, 0.3) is 16.6 Å². The van der Waals surface area contributed by atoms with E-state index in [0.29, 0.717) is 22.4 Å². The van der Waals surface area contributed by atoms with Gasteiger partial charge in [0.05, 0.1) is 5.52 Å². The van der Waals surface area contributed by atoms with Crippen molar-refractivity contribution in [3.63, 3.8) is 0 Å². The molecule has 0 spiro atoms. The lowest BCUT2D eigenvalue weighted by atomic mass is 10.1. The lowest BCUT2D eigenvalue weighted by Crippen LogP contribution is -2.23. The number of fused-ring (bicyclic) bond motifs is 3. The van der Waals surface area contributed by atoms with Crippen molar-refractivity contribution in [2.45, 2.75) is 13.3 Å². The van der Waals surface area contributed by atoms with E-state index in [2.05, 4.69) is 4.98 Å². The highest BCUT2D eigenvalue weighted by atomic mass is 16.3.